The van der Waals surface area contributed by atoms with Crippen molar-refractivity contribution in [2.45, 2.75) is 59.1 Å². The average Bonchev–Trinajstić information content (AvgIpc) is 3.08. The molecule has 1 fully saturated rings. The molecule has 0 amide bonds. The van der Waals surface area contributed by atoms with Crippen LogP contribution in [-0.4, -0.2) is 40.4 Å². The van der Waals surface area contributed by atoms with Crippen molar-refractivity contribution >= 4 is 29.9 Å². The lowest BCUT2D eigenvalue weighted by atomic mass is 9.89. The van der Waals surface area contributed by atoms with E-state index in [0.29, 0.717) is 12.5 Å². The van der Waals surface area contributed by atoms with E-state index >= 15 is 0 Å². The van der Waals surface area contributed by atoms with Gasteiger partial charge in [0, 0.05) is 32.7 Å². The van der Waals surface area contributed by atoms with Crippen LogP contribution < -0.4 is 10.6 Å². The first-order chi connectivity index (χ1) is 14.6. The van der Waals surface area contributed by atoms with E-state index < -0.39 is 0 Å². The number of hydrogen-bond donors (Lipinski definition) is 2. The summed E-state index contributed by atoms with van der Waals surface area (Å²) in [6, 6.07) is 8.73. The van der Waals surface area contributed by atoms with E-state index in [4.69, 9.17) is 9.73 Å². The van der Waals surface area contributed by atoms with Crippen LogP contribution in [0.2, 0.25) is 0 Å². The van der Waals surface area contributed by atoms with Gasteiger partial charge in [0.05, 0.1) is 6.10 Å². The van der Waals surface area contributed by atoms with Crippen molar-refractivity contribution in [2.24, 2.45) is 18.0 Å². The molecule has 0 saturated carbocycles. The molecule has 8 heteroatoms. The quantitative estimate of drug-likeness (QED) is 0.229. The summed E-state index contributed by atoms with van der Waals surface area (Å²) in [6.07, 6.45) is 4.64. The third-order valence-corrected chi connectivity index (χ3v) is 5.77. The Morgan fingerprint density at radius 3 is 2.65 bits per heavy atom. The molecule has 3 rings (SSSR count). The van der Waals surface area contributed by atoms with E-state index in [0.717, 1.165) is 63.0 Å². The fourth-order valence-electron chi connectivity index (χ4n) is 3.70. The number of unbranched alkanes of at least 4 members (excludes halogenated alkanes) is 1. The highest BCUT2D eigenvalue weighted by Crippen LogP contribution is 2.33. The second-order valence-electron chi connectivity index (χ2n) is 8.15. The van der Waals surface area contributed by atoms with Crippen LogP contribution in [0.15, 0.2) is 29.3 Å². The van der Waals surface area contributed by atoms with Gasteiger partial charge in [-0.3, -0.25) is 0 Å². The first kappa shape index (κ1) is 25.6. The Morgan fingerprint density at radius 1 is 1.19 bits per heavy atom. The van der Waals surface area contributed by atoms with Gasteiger partial charge in [-0.1, -0.05) is 43.2 Å². The molecular formula is C23H37IN6O. The fraction of sp³-hybridized carbons (Fsp3) is 0.609. The minimum Gasteiger partial charge on any atom is -0.373 e. The van der Waals surface area contributed by atoms with Crippen molar-refractivity contribution in [1.29, 1.82) is 0 Å². The Kier molecular flexibility index (Phi) is 10.7. The highest BCUT2D eigenvalue weighted by atomic mass is 127. The van der Waals surface area contributed by atoms with Gasteiger partial charge in [-0.25, -0.2) is 4.99 Å². The first-order valence-electron chi connectivity index (χ1n) is 11.1. The molecule has 2 atom stereocenters. The third-order valence-electron chi connectivity index (χ3n) is 5.77. The molecule has 2 aromatic rings. The van der Waals surface area contributed by atoms with Crippen LogP contribution in [0.5, 0.6) is 0 Å². The maximum atomic E-state index is 6.17. The second kappa shape index (κ2) is 13.0. The fourth-order valence-corrected chi connectivity index (χ4v) is 3.70. The van der Waals surface area contributed by atoms with Gasteiger partial charge in [0.25, 0.3) is 0 Å². The molecule has 1 aliphatic rings. The van der Waals surface area contributed by atoms with Crippen molar-refractivity contribution in [3.8, 4) is 0 Å². The lowest BCUT2D eigenvalue weighted by Crippen LogP contribution is -2.42. The summed E-state index contributed by atoms with van der Waals surface area (Å²) in [4.78, 5) is 4.76. The second-order valence-corrected chi connectivity index (χ2v) is 8.15. The molecule has 1 aromatic carbocycles. The molecule has 7 nitrogen and oxygen atoms in total. The van der Waals surface area contributed by atoms with E-state index in [2.05, 4.69) is 58.9 Å². The van der Waals surface area contributed by atoms with E-state index in [9.17, 15) is 0 Å². The summed E-state index contributed by atoms with van der Waals surface area (Å²) in [5.41, 5.74) is 2.54. The molecule has 31 heavy (non-hydrogen) atoms. The smallest absolute Gasteiger partial charge is 0.191 e. The summed E-state index contributed by atoms with van der Waals surface area (Å²) in [5, 5.41) is 15.4. The van der Waals surface area contributed by atoms with Gasteiger partial charge in [-0.05, 0) is 38.7 Å². The molecule has 0 aliphatic carbocycles. The zero-order valence-electron chi connectivity index (χ0n) is 19.2. The Bertz CT molecular complexity index is 820. The minimum atomic E-state index is 0. The van der Waals surface area contributed by atoms with Gasteiger partial charge in [-0.15, -0.1) is 34.2 Å². The first-order valence-corrected chi connectivity index (χ1v) is 11.1. The molecule has 0 bridgehead atoms. The van der Waals surface area contributed by atoms with Crippen LogP contribution in [-0.2, 0) is 18.3 Å². The number of hydrogen-bond acceptors (Lipinski definition) is 4. The Labute approximate surface area is 203 Å². The largest absolute Gasteiger partial charge is 0.373 e. The van der Waals surface area contributed by atoms with Crippen LogP contribution >= 0.6 is 24.0 Å². The van der Waals surface area contributed by atoms with Gasteiger partial charge in [0.1, 0.15) is 12.4 Å². The monoisotopic (exact) mass is 540 g/mol. The summed E-state index contributed by atoms with van der Waals surface area (Å²) < 4.78 is 8.15. The third kappa shape index (κ3) is 7.45. The Hall–Kier alpha value is -1.68. The highest BCUT2D eigenvalue weighted by molar-refractivity contribution is 14.0. The minimum absolute atomic E-state index is 0. The van der Waals surface area contributed by atoms with Crippen molar-refractivity contribution in [3.63, 3.8) is 0 Å². The van der Waals surface area contributed by atoms with Crippen molar-refractivity contribution in [3.05, 3.63) is 47.0 Å². The lowest BCUT2D eigenvalue weighted by Gasteiger charge is -2.32. The van der Waals surface area contributed by atoms with Crippen LogP contribution in [0.25, 0.3) is 0 Å². The topological polar surface area (TPSA) is 76.4 Å². The maximum Gasteiger partial charge on any atom is 0.191 e. The molecule has 1 aromatic heterocycles. The molecule has 0 spiro atoms. The Balaban J connectivity index is 0.00000341. The summed E-state index contributed by atoms with van der Waals surface area (Å²) >= 11 is 0. The molecule has 1 saturated heterocycles. The number of nitrogens with zero attached hydrogens (tertiary/aromatic N) is 4. The van der Waals surface area contributed by atoms with Crippen molar-refractivity contribution in [2.75, 3.05) is 19.7 Å². The van der Waals surface area contributed by atoms with E-state index in [1.54, 1.807) is 0 Å². The van der Waals surface area contributed by atoms with E-state index in [1.807, 2.05) is 18.5 Å². The molecule has 1 aliphatic heterocycles. The predicted molar refractivity (Wildman–Crippen MR) is 136 cm³/mol. The zero-order valence-corrected chi connectivity index (χ0v) is 21.6. The molecular weight excluding hydrogens is 503 g/mol. The SMILES string of the molecule is CCCCNC(=NCc1nnc(C)n1C)NCC1CCCOC1c1ccc(C)cc1.I. The normalized spacial score (nSPS) is 19.0. The van der Waals surface area contributed by atoms with Crippen molar-refractivity contribution in [1.82, 2.24) is 25.4 Å². The number of aromatic nitrogens is 3. The lowest BCUT2D eigenvalue weighted by molar-refractivity contribution is -0.0265. The Morgan fingerprint density at radius 2 is 1.97 bits per heavy atom. The van der Waals surface area contributed by atoms with E-state index in [-0.39, 0.29) is 30.1 Å². The number of ether oxygens (including phenoxy) is 1. The molecule has 2 heterocycles. The van der Waals surface area contributed by atoms with Gasteiger partial charge < -0.3 is 19.9 Å². The number of guanidine groups is 1. The molecule has 172 valence electrons. The average molecular weight is 540 g/mol. The van der Waals surface area contributed by atoms with Crippen LogP contribution in [0, 0.1) is 19.8 Å². The highest BCUT2D eigenvalue weighted by Gasteiger charge is 2.27. The standard InChI is InChI=1S/C23H36N6O.HI/c1-5-6-13-24-23(26-16-21-28-27-18(3)29(21)4)25-15-20-8-7-14-30-22(20)19-11-9-17(2)10-12-19;/h9-12,20,22H,5-8,13-16H2,1-4H3,(H2,24,25,26);1H. The molecule has 2 N–H and O–H groups in total. The number of aryl methyl sites for hydroxylation is 2. The van der Waals surface area contributed by atoms with Crippen LogP contribution in [0.3, 0.4) is 0 Å². The molecule has 2 unspecified atom stereocenters. The summed E-state index contributed by atoms with van der Waals surface area (Å²) in [5.74, 6) is 3.01. The maximum absolute atomic E-state index is 6.17. The number of benzene rings is 1. The van der Waals surface area contributed by atoms with E-state index in [1.165, 1.54) is 11.1 Å². The van der Waals surface area contributed by atoms with Gasteiger partial charge >= 0.3 is 0 Å². The number of nitrogens with one attached hydrogen (secondary N) is 2. The summed E-state index contributed by atoms with van der Waals surface area (Å²) in [7, 11) is 1.98. The number of halogens is 1. The van der Waals surface area contributed by atoms with Gasteiger partial charge in [0.15, 0.2) is 11.8 Å². The zero-order chi connectivity index (χ0) is 21.3. The van der Waals surface area contributed by atoms with Gasteiger partial charge in [0.2, 0.25) is 0 Å². The number of rotatable bonds is 8. The van der Waals surface area contributed by atoms with Crippen LogP contribution in [0.1, 0.15) is 61.5 Å². The van der Waals surface area contributed by atoms with Crippen molar-refractivity contribution < 1.29 is 4.74 Å². The predicted octanol–water partition coefficient (Wildman–Crippen LogP) is 4.05. The number of aliphatic imine (C=N–C) groups is 1. The summed E-state index contributed by atoms with van der Waals surface area (Å²) in [6.45, 7) is 9.33. The van der Waals surface area contributed by atoms with Crippen LogP contribution in [0.4, 0.5) is 0 Å². The molecule has 0 radical (unpaired) electrons. The van der Waals surface area contributed by atoms with Gasteiger partial charge in [-0.2, -0.15) is 0 Å².